The molecule has 0 bridgehead atoms. The van der Waals surface area contributed by atoms with E-state index in [4.69, 9.17) is 5.11 Å². The summed E-state index contributed by atoms with van der Waals surface area (Å²) < 4.78 is 0. The molecule has 0 heterocycles. The van der Waals surface area contributed by atoms with Crippen LogP contribution in [0.5, 0.6) is 0 Å². The van der Waals surface area contributed by atoms with E-state index < -0.39 is 0 Å². The van der Waals surface area contributed by atoms with E-state index in [-0.39, 0.29) is 0 Å². The Labute approximate surface area is 99.8 Å². The molecule has 2 saturated carbocycles. The minimum absolute atomic E-state index is 0.394. The fourth-order valence-corrected chi connectivity index (χ4v) is 3.48. The average Bonchev–Trinajstić information content (AvgIpc) is 2.83. The van der Waals surface area contributed by atoms with Gasteiger partial charge in [0.05, 0.1) is 0 Å². The van der Waals surface area contributed by atoms with E-state index in [1.807, 2.05) is 0 Å². The van der Waals surface area contributed by atoms with Gasteiger partial charge in [0.15, 0.2) is 0 Å². The first-order valence-electron chi connectivity index (χ1n) is 7.16. The van der Waals surface area contributed by atoms with Gasteiger partial charge >= 0.3 is 0 Å². The van der Waals surface area contributed by atoms with Gasteiger partial charge in [-0.25, -0.2) is 0 Å². The minimum Gasteiger partial charge on any atom is -0.396 e. The molecule has 0 aromatic rings. The van der Waals surface area contributed by atoms with Gasteiger partial charge in [0.2, 0.25) is 0 Å². The molecule has 2 heteroatoms. The predicted molar refractivity (Wildman–Crippen MR) is 67.4 cm³/mol. The Morgan fingerprint density at radius 3 is 2.25 bits per heavy atom. The summed E-state index contributed by atoms with van der Waals surface area (Å²) >= 11 is 0. The lowest BCUT2D eigenvalue weighted by molar-refractivity contribution is 0.168. The summed E-state index contributed by atoms with van der Waals surface area (Å²) in [5, 5.41) is 12.9. The molecule has 2 N–H and O–H groups in total. The lowest BCUT2D eigenvalue weighted by atomic mass is 9.85. The van der Waals surface area contributed by atoms with E-state index in [2.05, 4.69) is 12.2 Å². The van der Waals surface area contributed by atoms with E-state index in [1.54, 1.807) is 0 Å². The van der Waals surface area contributed by atoms with Crippen molar-refractivity contribution in [3.05, 3.63) is 0 Å². The predicted octanol–water partition coefficient (Wildman–Crippen LogP) is 2.71. The molecule has 0 spiro atoms. The van der Waals surface area contributed by atoms with Gasteiger partial charge in [-0.2, -0.15) is 0 Å². The van der Waals surface area contributed by atoms with Crippen molar-refractivity contribution in [2.45, 2.75) is 70.4 Å². The molecule has 0 saturated heterocycles. The highest BCUT2D eigenvalue weighted by molar-refractivity contribution is 4.83. The highest BCUT2D eigenvalue weighted by Gasteiger charge is 2.26. The fraction of sp³-hybridized carbons (Fsp3) is 1.00. The maximum atomic E-state index is 9.11. The van der Waals surface area contributed by atoms with Crippen LogP contribution in [0.15, 0.2) is 0 Å². The molecule has 0 radical (unpaired) electrons. The molecule has 2 aliphatic carbocycles. The maximum Gasteiger partial charge on any atom is 0.0459 e. The van der Waals surface area contributed by atoms with Gasteiger partial charge < -0.3 is 10.4 Å². The van der Waals surface area contributed by atoms with E-state index in [0.717, 1.165) is 12.0 Å². The minimum atomic E-state index is 0.394. The lowest BCUT2D eigenvalue weighted by Gasteiger charge is -2.32. The van der Waals surface area contributed by atoms with Crippen LogP contribution in [0.4, 0.5) is 0 Å². The SMILES string of the molecule is CC(NC1CCC(CO)CC1)C1CCCC1. The summed E-state index contributed by atoms with van der Waals surface area (Å²) in [6.45, 7) is 2.76. The third-order valence-electron chi connectivity index (χ3n) is 4.71. The summed E-state index contributed by atoms with van der Waals surface area (Å²) in [6.07, 6.45) is 10.7. The molecule has 16 heavy (non-hydrogen) atoms. The van der Waals surface area contributed by atoms with E-state index in [0.29, 0.717) is 18.6 Å². The van der Waals surface area contributed by atoms with Crippen LogP contribution in [0, 0.1) is 11.8 Å². The van der Waals surface area contributed by atoms with Crippen molar-refractivity contribution in [3.8, 4) is 0 Å². The van der Waals surface area contributed by atoms with E-state index >= 15 is 0 Å². The molecule has 94 valence electrons. The number of aliphatic hydroxyl groups excluding tert-OH is 1. The Morgan fingerprint density at radius 2 is 1.69 bits per heavy atom. The Balaban J connectivity index is 1.69. The lowest BCUT2D eigenvalue weighted by Crippen LogP contribution is -2.42. The Kier molecular flexibility index (Phi) is 4.66. The quantitative estimate of drug-likeness (QED) is 0.771. The second-order valence-corrected chi connectivity index (χ2v) is 5.90. The molecule has 2 fully saturated rings. The van der Waals surface area contributed by atoms with Gasteiger partial charge in [0.1, 0.15) is 0 Å². The molecule has 1 atom stereocenters. The van der Waals surface area contributed by atoms with Crippen LogP contribution in [0.2, 0.25) is 0 Å². The second kappa shape index (κ2) is 6.02. The van der Waals surface area contributed by atoms with Crippen LogP contribution < -0.4 is 5.32 Å². The van der Waals surface area contributed by atoms with Crippen molar-refractivity contribution in [2.75, 3.05) is 6.61 Å². The first kappa shape index (κ1) is 12.4. The molecule has 2 rings (SSSR count). The first-order valence-corrected chi connectivity index (χ1v) is 7.16. The second-order valence-electron chi connectivity index (χ2n) is 5.90. The number of nitrogens with one attached hydrogen (secondary N) is 1. The molecule has 0 amide bonds. The zero-order valence-corrected chi connectivity index (χ0v) is 10.6. The summed E-state index contributed by atoms with van der Waals surface area (Å²) in [6, 6.07) is 1.43. The molecule has 1 unspecified atom stereocenters. The maximum absolute atomic E-state index is 9.11. The average molecular weight is 225 g/mol. The summed E-state index contributed by atoms with van der Waals surface area (Å²) in [5.74, 6) is 1.51. The van der Waals surface area contributed by atoms with Crippen molar-refractivity contribution < 1.29 is 5.11 Å². The number of hydrogen-bond donors (Lipinski definition) is 2. The van der Waals surface area contributed by atoms with Gasteiger partial charge in [-0.05, 0) is 57.3 Å². The summed E-state index contributed by atoms with van der Waals surface area (Å²) in [4.78, 5) is 0. The van der Waals surface area contributed by atoms with Crippen LogP contribution in [0.1, 0.15) is 58.3 Å². The molecule has 2 aliphatic rings. The topological polar surface area (TPSA) is 32.3 Å². The monoisotopic (exact) mass is 225 g/mol. The highest BCUT2D eigenvalue weighted by atomic mass is 16.3. The standard InChI is InChI=1S/C14H27NO/c1-11(13-4-2-3-5-13)15-14-8-6-12(10-16)7-9-14/h11-16H,2-10H2,1H3. The molecule has 0 aliphatic heterocycles. The van der Waals surface area contributed by atoms with Crippen molar-refractivity contribution >= 4 is 0 Å². The van der Waals surface area contributed by atoms with Crippen molar-refractivity contribution in [2.24, 2.45) is 11.8 Å². The number of aliphatic hydroxyl groups is 1. The normalized spacial score (nSPS) is 34.1. The summed E-state index contributed by atoms with van der Waals surface area (Å²) in [7, 11) is 0. The van der Waals surface area contributed by atoms with Crippen LogP contribution >= 0.6 is 0 Å². The van der Waals surface area contributed by atoms with Crippen molar-refractivity contribution in [3.63, 3.8) is 0 Å². The van der Waals surface area contributed by atoms with Crippen molar-refractivity contribution in [1.29, 1.82) is 0 Å². The third kappa shape index (κ3) is 3.21. The number of hydrogen-bond acceptors (Lipinski definition) is 2. The largest absolute Gasteiger partial charge is 0.396 e. The summed E-state index contributed by atoms with van der Waals surface area (Å²) in [5.41, 5.74) is 0. The smallest absolute Gasteiger partial charge is 0.0459 e. The van der Waals surface area contributed by atoms with Crippen molar-refractivity contribution in [1.82, 2.24) is 5.32 Å². The Hall–Kier alpha value is -0.0800. The van der Waals surface area contributed by atoms with Crippen LogP contribution in [-0.4, -0.2) is 23.8 Å². The Morgan fingerprint density at radius 1 is 1.06 bits per heavy atom. The van der Waals surface area contributed by atoms with E-state index in [9.17, 15) is 0 Å². The van der Waals surface area contributed by atoms with Gasteiger partial charge in [0.25, 0.3) is 0 Å². The molecule has 2 nitrogen and oxygen atoms in total. The van der Waals surface area contributed by atoms with Gasteiger partial charge in [0, 0.05) is 18.7 Å². The third-order valence-corrected chi connectivity index (χ3v) is 4.71. The highest BCUT2D eigenvalue weighted by Crippen LogP contribution is 2.29. The van der Waals surface area contributed by atoms with Crippen LogP contribution in [0.25, 0.3) is 0 Å². The van der Waals surface area contributed by atoms with Gasteiger partial charge in [-0.1, -0.05) is 12.8 Å². The number of rotatable bonds is 4. The molecule has 0 aromatic heterocycles. The van der Waals surface area contributed by atoms with Gasteiger partial charge in [-0.3, -0.25) is 0 Å². The zero-order chi connectivity index (χ0) is 11.4. The molecular formula is C14H27NO. The Bertz CT molecular complexity index is 193. The fourth-order valence-electron chi connectivity index (χ4n) is 3.48. The first-order chi connectivity index (χ1) is 7.79. The van der Waals surface area contributed by atoms with E-state index in [1.165, 1.54) is 51.4 Å². The van der Waals surface area contributed by atoms with Crippen LogP contribution in [-0.2, 0) is 0 Å². The zero-order valence-electron chi connectivity index (χ0n) is 10.6. The molecular weight excluding hydrogens is 198 g/mol. The van der Waals surface area contributed by atoms with Gasteiger partial charge in [-0.15, -0.1) is 0 Å². The van der Waals surface area contributed by atoms with Crippen LogP contribution in [0.3, 0.4) is 0 Å². The molecule has 0 aromatic carbocycles.